The summed E-state index contributed by atoms with van der Waals surface area (Å²) in [5, 5.41) is 0. The molecule has 146 valence electrons. The number of benzene rings is 2. The van der Waals surface area contributed by atoms with E-state index in [1.54, 1.807) is 6.92 Å². The highest BCUT2D eigenvalue weighted by atomic mass is 16.2. The molecule has 0 unspecified atom stereocenters. The summed E-state index contributed by atoms with van der Waals surface area (Å²) >= 11 is 0. The van der Waals surface area contributed by atoms with Crippen LogP contribution in [0.2, 0.25) is 0 Å². The van der Waals surface area contributed by atoms with Crippen molar-refractivity contribution in [2.75, 3.05) is 42.5 Å². The number of anilines is 2. The molecule has 0 spiro atoms. The van der Waals surface area contributed by atoms with Crippen LogP contribution in [0, 0.1) is 0 Å². The lowest BCUT2D eigenvalue weighted by Crippen LogP contribution is -3.16. The third-order valence-electron chi connectivity index (χ3n) is 5.99. The van der Waals surface area contributed by atoms with Crippen LogP contribution in [-0.4, -0.2) is 50.5 Å². The predicted octanol–water partition coefficient (Wildman–Crippen LogP) is 1.57. The third kappa shape index (κ3) is 3.67. The zero-order valence-electron chi connectivity index (χ0n) is 16.6. The monoisotopic (exact) mass is 378 g/mol. The first-order valence-electron chi connectivity index (χ1n) is 10.1. The van der Waals surface area contributed by atoms with Crippen molar-refractivity contribution >= 4 is 23.1 Å². The molecule has 28 heavy (non-hydrogen) atoms. The van der Waals surface area contributed by atoms with E-state index in [4.69, 9.17) is 0 Å². The lowest BCUT2D eigenvalue weighted by atomic mass is 10.1. The second kappa shape index (κ2) is 7.76. The van der Waals surface area contributed by atoms with Crippen LogP contribution in [0.25, 0.3) is 0 Å². The van der Waals surface area contributed by atoms with Gasteiger partial charge in [0.25, 0.3) is 5.91 Å². The van der Waals surface area contributed by atoms with Gasteiger partial charge in [-0.15, -0.1) is 0 Å². The van der Waals surface area contributed by atoms with Crippen LogP contribution in [0.4, 0.5) is 11.4 Å². The zero-order chi connectivity index (χ0) is 19.7. The molecular formula is C23H28N3O2+. The number of hydrogen-bond donors (Lipinski definition) is 1. The molecule has 2 aliphatic heterocycles. The highest BCUT2D eigenvalue weighted by molar-refractivity contribution is 5.97. The highest BCUT2D eigenvalue weighted by Gasteiger charge is 2.33. The summed E-state index contributed by atoms with van der Waals surface area (Å²) in [4.78, 5) is 30.1. The van der Waals surface area contributed by atoms with E-state index >= 15 is 0 Å². The zero-order valence-corrected chi connectivity index (χ0v) is 16.6. The molecular weight excluding hydrogens is 350 g/mol. The Kier molecular flexibility index (Phi) is 5.18. The number of nitrogens with zero attached hydrogens (tertiary/aromatic N) is 2. The Labute approximate surface area is 166 Å². The van der Waals surface area contributed by atoms with E-state index in [0.29, 0.717) is 6.54 Å². The second-order valence-corrected chi connectivity index (χ2v) is 7.96. The van der Waals surface area contributed by atoms with Gasteiger partial charge in [0.05, 0.1) is 26.2 Å². The van der Waals surface area contributed by atoms with E-state index in [9.17, 15) is 9.59 Å². The van der Waals surface area contributed by atoms with E-state index in [0.717, 1.165) is 49.5 Å². The van der Waals surface area contributed by atoms with Gasteiger partial charge in [0, 0.05) is 23.0 Å². The van der Waals surface area contributed by atoms with Crippen molar-refractivity contribution in [1.29, 1.82) is 0 Å². The molecule has 4 rings (SSSR count). The molecule has 2 aliphatic rings. The first-order valence-corrected chi connectivity index (χ1v) is 10.1. The number of Topliss-reactive ketones (excluding diaryl/α,β-unsaturated/α-hetero) is 1. The van der Waals surface area contributed by atoms with Crippen LogP contribution < -0.4 is 14.7 Å². The van der Waals surface area contributed by atoms with Crippen molar-refractivity contribution in [3.63, 3.8) is 0 Å². The maximum absolute atomic E-state index is 13.0. The van der Waals surface area contributed by atoms with Gasteiger partial charge in [0.2, 0.25) is 0 Å². The number of nitrogens with one attached hydrogen (secondary N) is 1. The molecule has 2 aromatic rings. The number of fused-ring (bicyclic) bond motifs is 1. The summed E-state index contributed by atoms with van der Waals surface area (Å²) in [6, 6.07) is 16.3. The first-order chi connectivity index (χ1) is 13.5. The maximum Gasteiger partial charge on any atom is 0.282 e. The van der Waals surface area contributed by atoms with Crippen LogP contribution in [0.5, 0.6) is 0 Å². The lowest BCUT2D eigenvalue weighted by molar-refractivity contribution is -0.892. The van der Waals surface area contributed by atoms with Gasteiger partial charge in [-0.25, -0.2) is 0 Å². The first kappa shape index (κ1) is 18.7. The summed E-state index contributed by atoms with van der Waals surface area (Å²) in [5.41, 5.74) is 4.26. The summed E-state index contributed by atoms with van der Waals surface area (Å²) in [6.07, 6.45) is 0.946. The van der Waals surface area contributed by atoms with Gasteiger partial charge in [0.1, 0.15) is 0 Å². The molecule has 2 heterocycles. The summed E-state index contributed by atoms with van der Waals surface area (Å²) in [6.45, 7) is 8.02. The topological polar surface area (TPSA) is 45.1 Å². The molecule has 5 nitrogen and oxygen atoms in total. The number of quaternary nitrogens is 1. The Morgan fingerprint density at radius 1 is 1.04 bits per heavy atom. The largest absolute Gasteiger partial charge is 0.360 e. The minimum absolute atomic E-state index is 0.0945. The van der Waals surface area contributed by atoms with Crippen molar-refractivity contribution in [3.05, 3.63) is 59.7 Å². The molecule has 0 bridgehead atoms. The van der Waals surface area contributed by atoms with Gasteiger partial charge in [-0.3, -0.25) is 9.59 Å². The predicted molar refractivity (Wildman–Crippen MR) is 111 cm³/mol. The number of rotatable bonds is 4. The van der Waals surface area contributed by atoms with Crippen molar-refractivity contribution in [2.45, 2.75) is 26.3 Å². The molecule has 0 saturated carbocycles. The van der Waals surface area contributed by atoms with E-state index < -0.39 is 0 Å². The van der Waals surface area contributed by atoms with Gasteiger partial charge >= 0.3 is 0 Å². The standard InChI is InChI=1S/C23H27N3O2/c1-17-15-20-5-3-4-6-22(20)26(17)23(28)16-24-11-13-25(14-12-24)21-9-7-19(8-10-21)18(2)27/h3-10,17H,11-16H2,1-2H3/p+1/t17-/m1/s1. The van der Waals surface area contributed by atoms with E-state index in [1.165, 1.54) is 10.5 Å². The molecule has 1 saturated heterocycles. The summed E-state index contributed by atoms with van der Waals surface area (Å²) in [7, 11) is 0. The number of ketones is 1. The quantitative estimate of drug-likeness (QED) is 0.822. The SMILES string of the molecule is CC(=O)c1ccc(N2CC[NH+](CC(=O)N3c4ccccc4C[C@H]3C)CC2)cc1. The van der Waals surface area contributed by atoms with Gasteiger partial charge < -0.3 is 14.7 Å². The van der Waals surface area contributed by atoms with Gasteiger partial charge in [-0.05, 0) is 56.2 Å². The number of para-hydroxylation sites is 1. The fourth-order valence-electron chi connectivity index (χ4n) is 4.41. The van der Waals surface area contributed by atoms with Gasteiger partial charge in [0.15, 0.2) is 12.3 Å². The molecule has 1 amide bonds. The molecule has 0 aromatic heterocycles. The van der Waals surface area contributed by atoms with E-state index in [-0.39, 0.29) is 17.7 Å². The Hall–Kier alpha value is -2.66. The van der Waals surface area contributed by atoms with Crippen LogP contribution in [0.15, 0.2) is 48.5 Å². The normalized spacial score (nSPS) is 19.6. The second-order valence-electron chi connectivity index (χ2n) is 7.96. The number of hydrogen-bond acceptors (Lipinski definition) is 3. The average Bonchev–Trinajstić information content (AvgIpc) is 3.04. The van der Waals surface area contributed by atoms with Crippen LogP contribution in [-0.2, 0) is 11.2 Å². The summed E-state index contributed by atoms with van der Waals surface area (Å²) in [5.74, 6) is 0.323. The molecule has 1 N–H and O–H groups in total. The minimum Gasteiger partial charge on any atom is -0.360 e. The molecule has 0 aliphatic carbocycles. The Morgan fingerprint density at radius 2 is 1.71 bits per heavy atom. The molecule has 0 radical (unpaired) electrons. The molecule has 1 atom stereocenters. The maximum atomic E-state index is 13.0. The fourth-order valence-corrected chi connectivity index (χ4v) is 4.41. The number of piperazine rings is 1. The van der Waals surface area contributed by atoms with Crippen LogP contribution >= 0.6 is 0 Å². The Morgan fingerprint density at radius 3 is 2.39 bits per heavy atom. The van der Waals surface area contributed by atoms with Crippen molar-refractivity contribution in [3.8, 4) is 0 Å². The van der Waals surface area contributed by atoms with Crippen molar-refractivity contribution < 1.29 is 14.5 Å². The lowest BCUT2D eigenvalue weighted by Gasteiger charge is -2.34. The Bertz CT molecular complexity index is 870. The van der Waals surface area contributed by atoms with Crippen molar-refractivity contribution in [1.82, 2.24) is 0 Å². The van der Waals surface area contributed by atoms with Gasteiger partial charge in [-0.2, -0.15) is 0 Å². The molecule has 2 aromatic carbocycles. The summed E-state index contributed by atoms with van der Waals surface area (Å²) < 4.78 is 0. The molecule has 1 fully saturated rings. The van der Waals surface area contributed by atoms with Gasteiger partial charge in [-0.1, -0.05) is 18.2 Å². The van der Waals surface area contributed by atoms with E-state index in [1.807, 2.05) is 41.3 Å². The third-order valence-corrected chi connectivity index (χ3v) is 5.99. The number of carbonyl (C=O) groups is 2. The minimum atomic E-state index is 0.0945. The van der Waals surface area contributed by atoms with E-state index in [2.05, 4.69) is 24.0 Å². The van der Waals surface area contributed by atoms with Crippen molar-refractivity contribution in [2.24, 2.45) is 0 Å². The molecule has 5 heteroatoms. The number of carbonyl (C=O) groups excluding carboxylic acids is 2. The average molecular weight is 378 g/mol. The smallest absolute Gasteiger partial charge is 0.282 e. The number of amides is 1. The highest BCUT2D eigenvalue weighted by Crippen LogP contribution is 2.31. The Balaban J connectivity index is 1.34. The van der Waals surface area contributed by atoms with Crippen LogP contribution in [0.3, 0.4) is 0 Å². The fraction of sp³-hybridized carbons (Fsp3) is 0.391. The van der Waals surface area contributed by atoms with Crippen LogP contribution in [0.1, 0.15) is 29.8 Å².